The Morgan fingerprint density at radius 2 is 2.18 bits per heavy atom. The van der Waals surface area contributed by atoms with Gasteiger partial charge in [-0.05, 0) is 43.7 Å². The zero-order valence-corrected chi connectivity index (χ0v) is 11.7. The molecular formula is C15H23NS. The smallest absolute Gasteiger partial charge is 0.0334 e. The maximum absolute atomic E-state index is 3.82. The number of nitrogens with one attached hydrogen (secondary N) is 1. The molecule has 0 aliphatic carbocycles. The first-order valence-corrected chi connectivity index (χ1v) is 7.53. The third-order valence-corrected chi connectivity index (χ3v) is 3.63. The average Bonchev–Trinajstić information content (AvgIpc) is 2.39. The second-order valence-electron chi connectivity index (χ2n) is 4.11. The van der Waals surface area contributed by atoms with Crippen molar-refractivity contribution in [3.63, 3.8) is 0 Å². The number of benzene rings is 1. The maximum atomic E-state index is 3.82. The summed E-state index contributed by atoms with van der Waals surface area (Å²) < 4.78 is 0. The molecule has 1 N–H and O–H groups in total. The van der Waals surface area contributed by atoms with Crippen LogP contribution in [-0.2, 0) is 0 Å². The molecule has 17 heavy (non-hydrogen) atoms. The van der Waals surface area contributed by atoms with Gasteiger partial charge in [-0.25, -0.2) is 0 Å². The first-order chi connectivity index (χ1) is 8.33. The van der Waals surface area contributed by atoms with Crippen LogP contribution in [0.25, 0.3) is 0 Å². The van der Waals surface area contributed by atoms with E-state index in [1.165, 1.54) is 16.9 Å². The minimum absolute atomic E-state index is 0.455. The summed E-state index contributed by atoms with van der Waals surface area (Å²) >= 11 is 1.82. The van der Waals surface area contributed by atoms with Crippen LogP contribution in [0.3, 0.4) is 0 Å². The highest BCUT2D eigenvalue weighted by Gasteiger charge is 2.12. The summed E-state index contributed by atoms with van der Waals surface area (Å²) in [5.74, 6) is 0. The fourth-order valence-corrected chi connectivity index (χ4v) is 2.59. The van der Waals surface area contributed by atoms with Gasteiger partial charge in [-0.15, -0.1) is 18.3 Å². The number of rotatable bonds is 8. The molecule has 0 fully saturated rings. The van der Waals surface area contributed by atoms with E-state index < -0.39 is 0 Å². The number of hydrogen-bond acceptors (Lipinski definition) is 2. The van der Waals surface area contributed by atoms with E-state index in [0.717, 1.165) is 19.4 Å². The summed E-state index contributed by atoms with van der Waals surface area (Å²) in [6, 6.07) is 9.14. The molecule has 0 heterocycles. The van der Waals surface area contributed by atoms with Crippen LogP contribution in [-0.4, -0.2) is 12.8 Å². The molecule has 0 saturated carbocycles. The van der Waals surface area contributed by atoms with E-state index in [-0.39, 0.29) is 0 Å². The normalized spacial score (nSPS) is 12.4. The highest BCUT2D eigenvalue weighted by molar-refractivity contribution is 7.98. The van der Waals surface area contributed by atoms with Crippen molar-refractivity contribution in [2.75, 3.05) is 12.8 Å². The summed E-state index contributed by atoms with van der Waals surface area (Å²) in [7, 11) is 0. The van der Waals surface area contributed by atoms with E-state index >= 15 is 0 Å². The zero-order valence-electron chi connectivity index (χ0n) is 10.9. The van der Waals surface area contributed by atoms with Crippen LogP contribution in [0.2, 0.25) is 0 Å². The summed E-state index contributed by atoms with van der Waals surface area (Å²) in [5, 5.41) is 3.63. The van der Waals surface area contributed by atoms with Crippen molar-refractivity contribution in [1.29, 1.82) is 0 Å². The number of hydrogen-bond donors (Lipinski definition) is 1. The van der Waals surface area contributed by atoms with Gasteiger partial charge in [0, 0.05) is 10.9 Å². The second-order valence-corrected chi connectivity index (χ2v) is 4.96. The van der Waals surface area contributed by atoms with Gasteiger partial charge in [0.25, 0.3) is 0 Å². The van der Waals surface area contributed by atoms with Crippen molar-refractivity contribution in [2.24, 2.45) is 0 Å². The van der Waals surface area contributed by atoms with Gasteiger partial charge in [0.1, 0.15) is 0 Å². The molecule has 0 spiro atoms. The largest absolute Gasteiger partial charge is 0.310 e. The molecule has 1 atom stereocenters. The lowest BCUT2D eigenvalue weighted by atomic mass is 10.0. The fraction of sp³-hybridized carbons (Fsp3) is 0.467. The first-order valence-electron chi connectivity index (χ1n) is 6.30. The van der Waals surface area contributed by atoms with E-state index in [0.29, 0.717) is 6.04 Å². The van der Waals surface area contributed by atoms with Crippen LogP contribution in [0.5, 0.6) is 0 Å². The van der Waals surface area contributed by atoms with Gasteiger partial charge < -0.3 is 5.32 Å². The summed E-state index contributed by atoms with van der Waals surface area (Å²) in [6.07, 6.45) is 7.50. The Bertz CT molecular complexity index is 335. The maximum Gasteiger partial charge on any atom is 0.0334 e. The lowest BCUT2D eigenvalue weighted by Gasteiger charge is -2.20. The van der Waals surface area contributed by atoms with Crippen LogP contribution < -0.4 is 5.32 Å². The molecule has 0 amide bonds. The molecule has 0 aromatic heterocycles. The summed E-state index contributed by atoms with van der Waals surface area (Å²) in [6.45, 7) is 7.10. The first kappa shape index (κ1) is 14.3. The quantitative estimate of drug-likeness (QED) is 0.541. The van der Waals surface area contributed by atoms with E-state index in [2.05, 4.69) is 49.3 Å². The van der Waals surface area contributed by atoms with Crippen molar-refractivity contribution in [2.45, 2.75) is 37.1 Å². The van der Waals surface area contributed by atoms with E-state index in [9.17, 15) is 0 Å². The Balaban J connectivity index is 2.81. The molecule has 1 rings (SSSR count). The third-order valence-electron chi connectivity index (χ3n) is 2.81. The molecule has 1 unspecified atom stereocenters. The van der Waals surface area contributed by atoms with Gasteiger partial charge in [0.15, 0.2) is 0 Å². The van der Waals surface area contributed by atoms with Crippen molar-refractivity contribution in [1.82, 2.24) is 5.32 Å². The van der Waals surface area contributed by atoms with Crippen molar-refractivity contribution in [3.05, 3.63) is 42.5 Å². The topological polar surface area (TPSA) is 12.0 Å². The van der Waals surface area contributed by atoms with Gasteiger partial charge in [-0.1, -0.05) is 31.2 Å². The minimum Gasteiger partial charge on any atom is -0.310 e. The molecule has 1 aromatic carbocycles. The Morgan fingerprint density at radius 3 is 2.82 bits per heavy atom. The predicted molar refractivity (Wildman–Crippen MR) is 78.7 cm³/mol. The van der Waals surface area contributed by atoms with Crippen LogP contribution in [0.15, 0.2) is 41.8 Å². The number of allylic oxidation sites excluding steroid dienone is 1. The Kier molecular flexibility index (Phi) is 7.06. The van der Waals surface area contributed by atoms with Gasteiger partial charge in [0.05, 0.1) is 0 Å². The minimum atomic E-state index is 0.455. The van der Waals surface area contributed by atoms with E-state index in [1.54, 1.807) is 0 Å². The van der Waals surface area contributed by atoms with Gasteiger partial charge >= 0.3 is 0 Å². The van der Waals surface area contributed by atoms with Gasteiger partial charge in [-0.2, -0.15) is 0 Å². The Hall–Kier alpha value is -0.730. The summed E-state index contributed by atoms with van der Waals surface area (Å²) in [5.41, 5.74) is 1.43. The molecule has 0 radical (unpaired) electrons. The van der Waals surface area contributed by atoms with Crippen LogP contribution >= 0.6 is 11.8 Å². The standard InChI is InChI=1S/C15H23NS/c1-4-6-10-14(16-12-5-2)13-9-7-8-11-15(13)17-3/h4,7-9,11,14,16H,1,5-6,10,12H2,2-3H3. The second kappa shape index (κ2) is 8.37. The molecule has 0 bridgehead atoms. The predicted octanol–water partition coefficient (Wildman–Crippen LogP) is 4.42. The zero-order chi connectivity index (χ0) is 12.5. The lowest BCUT2D eigenvalue weighted by molar-refractivity contribution is 0.497. The molecule has 2 heteroatoms. The monoisotopic (exact) mass is 249 g/mol. The molecule has 0 aliphatic rings. The van der Waals surface area contributed by atoms with Crippen LogP contribution in [0, 0.1) is 0 Å². The molecule has 0 aliphatic heterocycles. The number of thioether (sulfide) groups is 1. The van der Waals surface area contributed by atoms with Crippen molar-refractivity contribution in [3.8, 4) is 0 Å². The lowest BCUT2D eigenvalue weighted by Crippen LogP contribution is -2.22. The van der Waals surface area contributed by atoms with E-state index in [4.69, 9.17) is 0 Å². The molecular weight excluding hydrogens is 226 g/mol. The summed E-state index contributed by atoms with van der Waals surface area (Å²) in [4.78, 5) is 1.38. The van der Waals surface area contributed by atoms with Crippen molar-refractivity contribution < 1.29 is 0 Å². The van der Waals surface area contributed by atoms with Crippen LogP contribution in [0.4, 0.5) is 0 Å². The average molecular weight is 249 g/mol. The molecule has 1 nitrogen and oxygen atoms in total. The van der Waals surface area contributed by atoms with Crippen LogP contribution in [0.1, 0.15) is 37.8 Å². The third kappa shape index (κ3) is 4.57. The molecule has 0 saturated heterocycles. The molecule has 1 aromatic rings. The highest BCUT2D eigenvalue weighted by atomic mass is 32.2. The molecule has 94 valence electrons. The SMILES string of the molecule is C=CCCC(NCCC)c1ccccc1SC. The fourth-order valence-electron chi connectivity index (χ4n) is 1.92. The Labute approximate surface area is 110 Å². The van der Waals surface area contributed by atoms with Gasteiger partial charge in [-0.3, -0.25) is 0 Å². The highest BCUT2D eigenvalue weighted by Crippen LogP contribution is 2.28. The van der Waals surface area contributed by atoms with E-state index in [1.807, 2.05) is 17.8 Å². The van der Waals surface area contributed by atoms with Gasteiger partial charge in [0.2, 0.25) is 0 Å². The van der Waals surface area contributed by atoms with Crippen molar-refractivity contribution >= 4 is 11.8 Å². The Morgan fingerprint density at radius 1 is 1.41 bits per heavy atom.